The number of rotatable bonds is 5. The minimum atomic E-state index is -0.975. The molecule has 34 heavy (non-hydrogen) atoms. The van der Waals surface area contributed by atoms with Crippen LogP contribution in [0, 0.1) is 5.82 Å². The monoisotopic (exact) mass is 490 g/mol. The molecule has 0 spiro atoms. The summed E-state index contributed by atoms with van der Waals surface area (Å²) >= 11 is 7.30. The summed E-state index contributed by atoms with van der Waals surface area (Å²) in [4.78, 5) is 32.2. The first-order chi connectivity index (χ1) is 16.4. The van der Waals surface area contributed by atoms with Gasteiger partial charge in [-0.25, -0.2) is 9.37 Å². The Labute approximate surface area is 203 Å². The van der Waals surface area contributed by atoms with Crippen LogP contribution < -0.4 is 4.90 Å². The van der Waals surface area contributed by atoms with Gasteiger partial charge < -0.3 is 5.11 Å². The quantitative estimate of drug-likeness (QED) is 0.335. The van der Waals surface area contributed by atoms with E-state index in [4.69, 9.17) is 11.6 Å². The lowest BCUT2D eigenvalue weighted by atomic mass is 9.95. The number of allylic oxidation sites excluding steroid dienone is 1. The molecule has 8 heteroatoms. The molecule has 1 N–H and O–H groups in total. The van der Waals surface area contributed by atoms with Gasteiger partial charge in [0.1, 0.15) is 5.82 Å². The molecule has 168 valence electrons. The van der Waals surface area contributed by atoms with E-state index < -0.39 is 29.3 Å². The second kappa shape index (κ2) is 8.85. The van der Waals surface area contributed by atoms with Crippen LogP contribution in [0.2, 0.25) is 5.02 Å². The Balaban J connectivity index is 1.60. The Morgan fingerprint density at radius 3 is 2.56 bits per heavy atom. The Morgan fingerprint density at radius 1 is 1.09 bits per heavy atom. The van der Waals surface area contributed by atoms with Crippen LogP contribution in [-0.4, -0.2) is 21.8 Å². The molecule has 1 aliphatic rings. The summed E-state index contributed by atoms with van der Waals surface area (Å²) in [6.07, 6.45) is 2.92. The fourth-order valence-electron chi connectivity index (χ4n) is 3.83. The first-order valence-electron chi connectivity index (χ1n) is 10.3. The van der Waals surface area contributed by atoms with E-state index in [0.29, 0.717) is 16.1 Å². The van der Waals surface area contributed by atoms with E-state index in [9.17, 15) is 19.1 Å². The van der Waals surface area contributed by atoms with Crippen LogP contribution in [0.1, 0.15) is 17.2 Å². The van der Waals surface area contributed by atoms with E-state index in [1.165, 1.54) is 46.6 Å². The van der Waals surface area contributed by atoms with Crippen molar-refractivity contribution in [1.29, 1.82) is 0 Å². The van der Waals surface area contributed by atoms with Gasteiger partial charge in [-0.3, -0.25) is 14.5 Å². The van der Waals surface area contributed by atoms with Gasteiger partial charge in [-0.2, -0.15) is 0 Å². The van der Waals surface area contributed by atoms with Crippen LogP contribution in [0.3, 0.4) is 0 Å². The molecule has 1 atom stereocenters. The Hall–Kier alpha value is -3.81. The van der Waals surface area contributed by atoms with Gasteiger partial charge in [-0.05, 0) is 47.5 Å². The highest BCUT2D eigenvalue weighted by Gasteiger charge is 2.45. The molecular weight excluding hydrogens is 475 g/mol. The SMILES string of the molecule is O=C(C=Cc1ccccc1)C1=C(O)C(=O)N(c2nc3ccc(Cl)cc3s2)C1c1ccc(F)cc1. The van der Waals surface area contributed by atoms with Crippen LogP contribution in [0.15, 0.2) is 90.2 Å². The maximum atomic E-state index is 13.6. The summed E-state index contributed by atoms with van der Waals surface area (Å²) in [5, 5.41) is 11.6. The largest absolute Gasteiger partial charge is 0.503 e. The summed E-state index contributed by atoms with van der Waals surface area (Å²) in [5.74, 6) is -2.40. The van der Waals surface area contributed by atoms with Crippen LogP contribution in [0.5, 0.6) is 0 Å². The number of thiazole rings is 1. The standard InChI is InChI=1S/C26H16ClFN2O3S/c27-17-9-12-19-21(14-17)34-26(29-19)30-23(16-7-10-18(28)11-8-16)22(24(32)25(30)33)20(31)13-6-15-4-2-1-3-5-15/h1-14,23,32H. The topological polar surface area (TPSA) is 70.5 Å². The second-order valence-corrected chi connectivity index (χ2v) is 9.05. The van der Waals surface area contributed by atoms with Crippen LogP contribution in [0.25, 0.3) is 16.3 Å². The predicted molar refractivity (Wildman–Crippen MR) is 131 cm³/mol. The van der Waals surface area contributed by atoms with Crippen molar-refractivity contribution in [2.75, 3.05) is 4.90 Å². The van der Waals surface area contributed by atoms with E-state index in [-0.39, 0.29) is 10.7 Å². The molecule has 1 aromatic heterocycles. The number of hydrogen-bond acceptors (Lipinski definition) is 5. The Morgan fingerprint density at radius 2 is 1.82 bits per heavy atom. The molecule has 0 saturated carbocycles. The minimum Gasteiger partial charge on any atom is -0.503 e. The average Bonchev–Trinajstić information content (AvgIpc) is 3.36. The Kier molecular flexibility index (Phi) is 5.73. The molecule has 4 aromatic rings. The number of carbonyl (C=O) groups is 2. The number of anilines is 1. The van der Waals surface area contributed by atoms with Gasteiger partial charge in [0, 0.05) is 5.02 Å². The van der Waals surface area contributed by atoms with Crippen LogP contribution >= 0.6 is 22.9 Å². The molecule has 0 bridgehead atoms. The number of halogens is 2. The lowest BCUT2D eigenvalue weighted by molar-refractivity contribution is -0.117. The van der Waals surface area contributed by atoms with Crippen LogP contribution in [0.4, 0.5) is 9.52 Å². The number of fused-ring (bicyclic) bond motifs is 1. The van der Waals surface area contributed by atoms with Gasteiger partial charge in [-0.15, -0.1) is 0 Å². The third kappa shape index (κ3) is 4.00. The van der Waals surface area contributed by atoms with Crippen molar-refractivity contribution >= 4 is 56.1 Å². The number of nitrogens with zero attached hydrogens (tertiary/aromatic N) is 2. The maximum Gasteiger partial charge on any atom is 0.296 e. The first-order valence-corrected chi connectivity index (χ1v) is 11.5. The van der Waals surface area contributed by atoms with Crippen molar-refractivity contribution < 1.29 is 19.1 Å². The van der Waals surface area contributed by atoms with Crippen LogP contribution in [-0.2, 0) is 9.59 Å². The zero-order valence-electron chi connectivity index (χ0n) is 17.5. The minimum absolute atomic E-state index is 0.0962. The lowest BCUT2D eigenvalue weighted by Crippen LogP contribution is -2.30. The number of aliphatic hydroxyl groups excluding tert-OH is 1. The summed E-state index contributed by atoms with van der Waals surface area (Å²) in [6.45, 7) is 0. The van der Waals surface area contributed by atoms with Crippen molar-refractivity contribution in [2.24, 2.45) is 0 Å². The highest BCUT2D eigenvalue weighted by Crippen LogP contribution is 2.43. The summed E-state index contributed by atoms with van der Waals surface area (Å²) < 4.78 is 14.4. The number of benzene rings is 3. The number of aromatic nitrogens is 1. The first kappa shape index (κ1) is 22.0. The van der Waals surface area contributed by atoms with E-state index in [1.54, 1.807) is 24.3 Å². The number of amides is 1. The molecule has 0 aliphatic carbocycles. The van der Waals surface area contributed by atoms with Crippen molar-refractivity contribution in [3.63, 3.8) is 0 Å². The molecule has 0 radical (unpaired) electrons. The fourth-order valence-corrected chi connectivity index (χ4v) is 5.10. The third-order valence-corrected chi connectivity index (χ3v) is 6.68. The zero-order chi connectivity index (χ0) is 23.8. The molecule has 5 rings (SSSR count). The molecule has 1 aliphatic heterocycles. The fraction of sp³-hybridized carbons (Fsp3) is 0.0385. The number of hydrogen-bond donors (Lipinski definition) is 1. The van der Waals surface area contributed by atoms with Crippen molar-refractivity contribution in [1.82, 2.24) is 4.98 Å². The van der Waals surface area contributed by atoms with Gasteiger partial charge in [0.15, 0.2) is 16.7 Å². The Bertz CT molecular complexity index is 1480. The van der Waals surface area contributed by atoms with Gasteiger partial charge >= 0.3 is 0 Å². The van der Waals surface area contributed by atoms with Gasteiger partial charge in [-0.1, -0.05) is 71.5 Å². The van der Waals surface area contributed by atoms with Crippen molar-refractivity contribution in [2.45, 2.75) is 6.04 Å². The third-order valence-electron chi connectivity index (χ3n) is 5.43. The zero-order valence-corrected chi connectivity index (χ0v) is 19.1. The average molecular weight is 491 g/mol. The number of carbonyl (C=O) groups excluding carboxylic acids is 2. The van der Waals surface area contributed by atoms with Gasteiger partial charge in [0.05, 0.1) is 21.8 Å². The molecule has 0 fully saturated rings. The molecule has 1 amide bonds. The smallest absolute Gasteiger partial charge is 0.296 e. The molecule has 0 saturated heterocycles. The van der Waals surface area contributed by atoms with E-state index >= 15 is 0 Å². The van der Waals surface area contributed by atoms with Crippen molar-refractivity contribution in [3.8, 4) is 0 Å². The predicted octanol–water partition coefficient (Wildman–Crippen LogP) is 6.27. The number of aliphatic hydroxyl groups is 1. The molecule has 5 nitrogen and oxygen atoms in total. The summed E-state index contributed by atoms with van der Waals surface area (Å²) in [5.41, 5.74) is 1.78. The lowest BCUT2D eigenvalue weighted by Gasteiger charge is -2.24. The van der Waals surface area contributed by atoms with E-state index in [2.05, 4.69) is 4.98 Å². The summed E-state index contributed by atoms with van der Waals surface area (Å²) in [6, 6.07) is 18.8. The molecule has 1 unspecified atom stereocenters. The molecule has 3 aromatic carbocycles. The normalized spacial score (nSPS) is 16.2. The highest BCUT2D eigenvalue weighted by molar-refractivity contribution is 7.22. The summed E-state index contributed by atoms with van der Waals surface area (Å²) in [7, 11) is 0. The molecular formula is C26H16ClFN2O3S. The van der Waals surface area contributed by atoms with Gasteiger partial charge in [0.2, 0.25) is 0 Å². The number of ketones is 1. The van der Waals surface area contributed by atoms with Gasteiger partial charge in [0.25, 0.3) is 5.91 Å². The maximum absolute atomic E-state index is 13.6. The van der Waals surface area contributed by atoms with Crippen molar-refractivity contribution in [3.05, 3.63) is 112 Å². The van der Waals surface area contributed by atoms with E-state index in [1.807, 2.05) is 30.3 Å². The molecule has 2 heterocycles. The van der Waals surface area contributed by atoms with E-state index in [0.717, 1.165) is 10.3 Å². The highest BCUT2D eigenvalue weighted by atomic mass is 35.5. The second-order valence-electron chi connectivity index (χ2n) is 7.61.